The van der Waals surface area contributed by atoms with Crippen LogP contribution in [-0.4, -0.2) is 9.97 Å². The molecule has 3 nitrogen and oxygen atoms in total. The number of aromatic nitrogens is 2. The van der Waals surface area contributed by atoms with Crippen LogP contribution in [0, 0.1) is 11.6 Å². The van der Waals surface area contributed by atoms with Gasteiger partial charge in [0.2, 0.25) is 0 Å². The summed E-state index contributed by atoms with van der Waals surface area (Å²) in [6.45, 7) is 0. The summed E-state index contributed by atoms with van der Waals surface area (Å²) < 4.78 is 26.8. The Labute approximate surface area is 109 Å². The second kappa shape index (κ2) is 4.97. The van der Waals surface area contributed by atoms with E-state index in [-0.39, 0.29) is 15.9 Å². The first-order valence-electron chi connectivity index (χ1n) is 4.47. The lowest BCUT2D eigenvalue weighted by molar-refractivity contribution is 0.577. The second-order valence-corrected chi connectivity index (χ2v) is 4.90. The fourth-order valence-corrected chi connectivity index (χ4v) is 2.46. The first kappa shape index (κ1) is 12.3. The van der Waals surface area contributed by atoms with Crippen LogP contribution >= 0.6 is 27.7 Å². The predicted molar refractivity (Wildman–Crippen MR) is 64.6 cm³/mol. The molecule has 0 aliphatic rings. The molecule has 2 rings (SSSR count). The number of anilines is 1. The number of halogens is 3. The van der Waals surface area contributed by atoms with Gasteiger partial charge in [-0.15, -0.1) is 0 Å². The van der Waals surface area contributed by atoms with Crippen molar-refractivity contribution >= 4 is 33.5 Å². The first-order chi connectivity index (χ1) is 8.04. The van der Waals surface area contributed by atoms with Crippen molar-refractivity contribution < 1.29 is 8.78 Å². The molecule has 0 fully saturated rings. The highest BCUT2D eigenvalue weighted by atomic mass is 79.9. The number of rotatable bonds is 2. The molecule has 0 atom stereocenters. The van der Waals surface area contributed by atoms with Gasteiger partial charge in [0.15, 0.2) is 5.16 Å². The molecular weight excluding hydrogens is 312 g/mol. The van der Waals surface area contributed by atoms with E-state index in [1.54, 1.807) is 0 Å². The Morgan fingerprint density at radius 2 is 1.94 bits per heavy atom. The largest absolute Gasteiger partial charge is 0.384 e. The predicted octanol–water partition coefficient (Wildman–Crippen LogP) is 3.25. The van der Waals surface area contributed by atoms with Crippen molar-refractivity contribution in [3.05, 3.63) is 40.5 Å². The van der Waals surface area contributed by atoms with E-state index in [4.69, 9.17) is 5.73 Å². The van der Waals surface area contributed by atoms with Crippen LogP contribution in [0.2, 0.25) is 0 Å². The van der Waals surface area contributed by atoms with Crippen LogP contribution in [0.4, 0.5) is 14.6 Å². The molecule has 1 heterocycles. The van der Waals surface area contributed by atoms with Gasteiger partial charge in [-0.1, -0.05) is 0 Å². The molecule has 0 saturated heterocycles. The third-order valence-corrected chi connectivity index (χ3v) is 3.09. The zero-order valence-electron chi connectivity index (χ0n) is 8.32. The Kier molecular flexibility index (Phi) is 3.58. The lowest BCUT2D eigenvalue weighted by Gasteiger charge is -2.03. The monoisotopic (exact) mass is 317 g/mol. The molecule has 2 aromatic rings. The summed E-state index contributed by atoms with van der Waals surface area (Å²) in [5.74, 6) is -0.790. The molecule has 0 bridgehead atoms. The SMILES string of the molecule is Nc1cc(Br)nc(Sc2cc(F)ccc2F)n1. The lowest BCUT2D eigenvalue weighted by Crippen LogP contribution is -1.95. The number of nitrogens with two attached hydrogens (primary N) is 1. The van der Waals surface area contributed by atoms with Crippen LogP contribution in [-0.2, 0) is 0 Å². The van der Waals surface area contributed by atoms with E-state index < -0.39 is 11.6 Å². The maximum absolute atomic E-state index is 13.4. The van der Waals surface area contributed by atoms with Crippen LogP contribution in [0.1, 0.15) is 0 Å². The highest BCUT2D eigenvalue weighted by Gasteiger charge is 2.09. The van der Waals surface area contributed by atoms with Gasteiger partial charge >= 0.3 is 0 Å². The molecule has 0 saturated carbocycles. The van der Waals surface area contributed by atoms with E-state index in [1.165, 1.54) is 6.07 Å². The van der Waals surface area contributed by atoms with Gasteiger partial charge in [0.05, 0.1) is 4.90 Å². The number of hydrogen-bond acceptors (Lipinski definition) is 4. The van der Waals surface area contributed by atoms with Crippen LogP contribution < -0.4 is 5.73 Å². The van der Waals surface area contributed by atoms with E-state index in [0.29, 0.717) is 4.60 Å². The molecule has 7 heteroatoms. The average Bonchev–Trinajstić information content (AvgIpc) is 2.22. The molecule has 2 N–H and O–H groups in total. The van der Waals surface area contributed by atoms with Crippen molar-refractivity contribution in [2.45, 2.75) is 10.1 Å². The summed E-state index contributed by atoms with van der Waals surface area (Å²) in [5, 5.41) is 0.251. The Hall–Kier alpha value is -1.21. The van der Waals surface area contributed by atoms with Gasteiger partial charge in [0, 0.05) is 6.07 Å². The number of hydrogen-bond donors (Lipinski definition) is 1. The fourth-order valence-electron chi connectivity index (χ4n) is 1.11. The van der Waals surface area contributed by atoms with Gasteiger partial charge in [-0.05, 0) is 45.9 Å². The molecule has 0 aliphatic heterocycles. The van der Waals surface area contributed by atoms with Crippen LogP contribution in [0.5, 0.6) is 0 Å². The van der Waals surface area contributed by atoms with E-state index in [9.17, 15) is 8.78 Å². The van der Waals surface area contributed by atoms with E-state index >= 15 is 0 Å². The van der Waals surface area contributed by atoms with Crippen molar-refractivity contribution in [2.24, 2.45) is 0 Å². The van der Waals surface area contributed by atoms with Crippen molar-refractivity contribution in [3.63, 3.8) is 0 Å². The summed E-state index contributed by atoms with van der Waals surface area (Å²) in [7, 11) is 0. The van der Waals surface area contributed by atoms with Gasteiger partial charge < -0.3 is 5.73 Å². The maximum atomic E-state index is 13.4. The zero-order chi connectivity index (χ0) is 12.4. The molecule has 0 unspecified atom stereocenters. The molecule has 1 aromatic heterocycles. The highest BCUT2D eigenvalue weighted by Crippen LogP contribution is 2.29. The number of benzene rings is 1. The molecule has 1 aromatic carbocycles. The summed E-state index contributed by atoms with van der Waals surface area (Å²) in [5.41, 5.74) is 5.52. The van der Waals surface area contributed by atoms with E-state index in [2.05, 4.69) is 25.9 Å². The Morgan fingerprint density at radius 3 is 2.65 bits per heavy atom. The van der Waals surface area contributed by atoms with E-state index in [0.717, 1.165) is 30.0 Å². The minimum Gasteiger partial charge on any atom is -0.384 e. The number of nitrogens with zero attached hydrogens (tertiary/aromatic N) is 2. The second-order valence-electron chi connectivity index (χ2n) is 3.07. The summed E-state index contributed by atoms with van der Waals surface area (Å²) in [4.78, 5) is 8.02. The molecule has 17 heavy (non-hydrogen) atoms. The van der Waals surface area contributed by atoms with E-state index in [1.807, 2.05) is 0 Å². The van der Waals surface area contributed by atoms with Gasteiger partial charge in [0.25, 0.3) is 0 Å². The Morgan fingerprint density at radius 1 is 1.18 bits per heavy atom. The smallest absolute Gasteiger partial charge is 0.195 e. The van der Waals surface area contributed by atoms with Crippen molar-refractivity contribution in [3.8, 4) is 0 Å². The molecule has 88 valence electrons. The topological polar surface area (TPSA) is 51.8 Å². The minimum absolute atomic E-state index is 0.113. The van der Waals surface area contributed by atoms with Gasteiger partial charge in [-0.2, -0.15) is 0 Å². The quantitative estimate of drug-likeness (QED) is 0.682. The van der Waals surface area contributed by atoms with Crippen molar-refractivity contribution in [1.82, 2.24) is 9.97 Å². The normalized spacial score (nSPS) is 10.5. The Balaban J connectivity index is 2.34. The fraction of sp³-hybridized carbons (Fsp3) is 0. The lowest BCUT2D eigenvalue weighted by atomic mass is 10.3. The molecular formula is C10H6BrF2N3S. The van der Waals surface area contributed by atoms with Crippen LogP contribution in [0.15, 0.2) is 38.9 Å². The first-order valence-corrected chi connectivity index (χ1v) is 6.08. The molecule has 0 radical (unpaired) electrons. The van der Waals surface area contributed by atoms with Crippen LogP contribution in [0.3, 0.4) is 0 Å². The molecule has 0 amide bonds. The van der Waals surface area contributed by atoms with Crippen molar-refractivity contribution in [1.29, 1.82) is 0 Å². The van der Waals surface area contributed by atoms with Gasteiger partial charge in [-0.3, -0.25) is 0 Å². The summed E-state index contributed by atoms with van der Waals surface area (Å²) in [6.07, 6.45) is 0. The van der Waals surface area contributed by atoms with Crippen LogP contribution in [0.25, 0.3) is 0 Å². The summed E-state index contributed by atoms with van der Waals surface area (Å²) in [6, 6.07) is 4.71. The molecule has 0 spiro atoms. The third-order valence-electron chi connectivity index (χ3n) is 1.79. The minimum atomic E-state index is -0.529. The number of nitrogen functional groups attached to an aromatic ring is 1. The standard InChI is InChI=1S/C10H6BrF2N3S/c11-8-4-9(14)16-10(15-8)17-7-3-5(12)1-2-6(7)13/h1-4H,(H2,14,15,16). The maximum Gasteiger partial charge on any atom is 0.195 e. The average molecular weight is 318 g/mol. The zero-order valence-corrected chi connectivity index (χ0v) is 10.7. The third kappa shape index (κ3) is 3.13. The van der Waals surface area contributed by atoms with Crippen molar-refractivity contribution in [2.75, 3.05) is 5.73 Å². The van der Waals surface area contributed by atoms with Gasteiger partial charge in [-0.25, -0.2) is 18.7 Å². The van der Waals surface area contributed by atoms with Gasteiger partial charge in [0.1, 0.15) is 22.1 Å². The summed E-state index contributed by atoms with van der Waals surface area (Å²) >= 11 is 4.06. The Bertz CT molecular complexity index is 545. The highest BCUT2D eigenvalue weighted by molar-refractivity contribution is 9.10. The molecule has 0 aliphatic carbocycles.